The van der Waals surface area contributed by atoms with Crippen molar-refractivity contribution in [3.8, 4) is 0 Å². The number of rotatable bonds is 7. The molecule has 194 valence electrons. The largest absolute Gasteiger partial charge is 0.497 e. The summed E-state index contributed by atoms with van der Waals surface area (Å²) in [6.45, 7) is 8.68. The predicted octanol–water partition coefficient (Wildman–Crippen LogP) is 3.37. The highest BCUT2D eigenvalue weighted by atomic mass is 19.1. The summed E-state index contributed by atoms with van der Waals surface area (Å²) in [7, 11) is 3.36. The Hall–Kier alpha value is -3.66. The number of nitrogens with one attached hydrogen (secondary N) is 1. The summed E-state index contributed by atoms with van der Waals surface area (Å²) >= 11 is 0. The van der Waals surface area contributed by atoms with Gasteiger partial charge < -0.3 is 19.9 Å². The topological polar surface area (TPSA) is 68.4 Å². The van der Waals surface area contributed by atoms with E-state index in [-0.39, 0.29) is 37.1 Å². The van der Waals surface area contributed by atoms with Gasteiger partial charge in [0.05, 0.1) is 26.7 Å². The minimum Gasteiger partial charge on any atom is -0.497 e. The molecule has 2 fully saturated rings. The Bertz CT molecular complexity index is 1100. The minimum absolute atomic E-state index is 0.0123. The summed E-state index contributed by atoms with van der Waals surface area (Å²) in [5.74, 6) is -0.924. The molecule has 3 rings (SSSR count). The molecule has 10 heteroatoms. The van der Waals surface area contributed by atoms with E-state index in [2.05, 4.69) is 11.9 Å². The fraction of sp³-hybridized carbons (Fsp3) is 0.385. The zero-order chi connectivity index (χ0) is 26.4. The number of carbonyl (C=O) groups excluding carboxylic acids is 2. The van der Waals surface area contributed by atoms with Crippen LogP contribution in [0.15, 0.2) is 66.1 Å². The van der Waals surface area contributed by atoms with Crippen LogP contribution in [0.25, 0.3) is 0 Å². The molecule has 0 spiro atoms. The molecule has 1 aromatic rings. The number of hydrogen-bond donors (Lipinski definition) is 1. The number of hydrazine groups is 1. The van der Waals surface area contributed by atoms with Gasteiger partial charge in [0, 0.05) is 37.5 Å². The van der Waals surface area contributed by atoms with Gasteiger partial charge in [0.1, 0.15) is 23.6 Å². The lowest BCUT2D eigenvalue weighted by atomic mass is 10.1. The van der Waals surface area contributed by atoms with Gasteiger partial charge in [-0.15, -0.1) is 0 Å². The van der Waals surface area contributed by atoms with Crippen LogP contribution in [0.3, 0.4) is 0 Å². The SMILES string of the molecule is C=C1CN(C)N(C(=O)NC/C(C)=C/C=C(\C=C/C)OC)C2CN(Cc3ccc(F)cc3F)C(=O)CN12. The van der Waals surface area contributed by atoms with E-state index >= 15 is 0 Å². The second-order valence-electron chi connectivity index (χ2n) is 8.79. The first-order chi connectivity index (χ1) is 17.1. The second-order valence-corrected chi connectivity index (χ2v) is 8.79. The lowest BCUT2D eigenvalue weighted by molar-refractivity contribution is -0.154. The molecule has 2 saturated heterocycles. The number of nitrogens with zero attached hydrogens (tertiary/aromatic N) is 4. The van der Waals surface area contributed by atoms with Crippen LogP contribution in [-0.2, 0) is 16.1 Å². The number of likely N-dealkylation sites (N-methyl/N-ethyl adjacent to an activating group) is 1. The van der Waals surface area contributed by atoms with Crippen LogP contribution in [0, 0.1) is 11.6 Å². The van der Waals surface area contributed by atoms with Gasteiger partial charge in [-0.25, -0.2) is 23.6 Å². The first-order valence-electron chi connectivity index (χ1n) is 11.6. The van der Waals surface area contributed by atoms with Crippen molar-refractivity contribution in [2.75, 3.05) is 40.3 Å². The van der Waals surface area contributed by atoms with Crippen molar-refractivity contribution in [2.45, 2.75) is 26.6 Å². The number of benzene rings is 1. The maximum absolute atomic E-state index is 14.2. The van der Waals surface area contributed by atoms with Crippen LogP contribution in [-0.4, -0.2) is 78.3 Å². The molecule has 0 saturated carbocycles. The number of fused-ring (bicyclic) bond motifs is 1. The molecule has 8 nitrogen and oxygen atoms in total. The molecule has 2 aliphatic rings. The van der Waals surface area contributed by atoms with Gasteiger partial charge >= 0.3 is 6.03 Å². The number of hydrogen-bond acceptors (Lipinski definition) is 5. The van der Waals surface area contributed by atoms with Crippen molar-refractivity contribution in [3.63, 3.8) is 0 Å². The van der Waals surface area contributed by atoms with Crippen molar-refractivity contribution >= 4 is 11.9 Å². The molecule has 0 radical (unpaired) electrons. The Labute approximate surface area is 210 Å². The monoisotopic (exact) mass is 501 g/mol. The molecule has 2 aliphatic heterocycles. The normalized spacial score (nSPS) is 19.7. The number of carbonyl (C=O) groups is 2. The van der Waals surface area contributed by atoms with Crippen LogP contribution >= 0.6 is 0 Å². The van der Waals surface area contributed by atoms with E-state index in [1.165, 1.54) is 11.0 Å². The molecule has 0 bridgehead atoms. The van der Waals surface area contributed by atoms with Gasteiger partial charge in [0.25, 0.3) is 0 Å². The Morgan fingerprint density at radius 1 is 1.28 bits per heavy atom. The lowest BCUT2D eigenvalue weighted by Gasteiger charge is -2.53. The maximum atomic E-state index is 14.2. The van der Waals surface area contributed by atoms with Gasteiger partial charge in [0.15, 0.2) is 0 Å². The van der Waals surface area contributed by atoms with Crippen LogP contribution in [0.1, 0.15) is 19.4 Å². The van der Waals surface area contributed by atoms with E-state index in [1.807, 2.05) is 38.2 Å². The van der Waals surface area contributed by atoms with E-state index in [1.54, 1.807) is 29.1 Å². The molecular formula is C26H33F2N5O3. The fourth-order valence-corrected chi connectivity index (χ4v) is 4.17. The van der Waals surface area contributed by atoms with Gasteiger partial charge in [-0.2, -0.15) is 0 Å². The number of ether oxygens (including phenoxy) is 1. The quantitative estimate of drug-likeness (QED) is 0.459. The first-order valence-corrected chi connectivity index (χ1v) is 11.6. The maximum Gasteiger partial charge on any atom is 0.334 e. The smallest absolute Gasteiger partial charge is 0.334 e. The van der Waals surface area contributed by atoms with E-state index < -0.39 is 17.8 Å². The molecule has 1 aromatic carbocycles. The highest BCUT2D eigenvalue weighted by molar-refractivity contribution is 5.80. The van der Waals surface area contributed by atoms with Gasteiger partial charge in [0.2, 0.25) is 5.91 Å². The van der Waals surface area contributed by atoms with Crippen molar-refractivity contribution in [1.82, 2.24) is 25.1 Å². The lowest BCUT2D eigenvalue weighted by Crippen LogP contribution is -2.70. The molecular weight excluding hydrogens is 468 g/mol. The van der Waals surface area contributed by atoms with Crippen LogP contribution in [0.4, 0.5) is 13.6 Å². The van der Waals surface area contributed by atoms with Crippen molar-refractivity contribution in [2.24, 2.45) is 0 Å². The van der Waals surface area contributed by atoms with E-state index in [4.69, 9.17) is 4.74 Å². The van der Waals surface area contributed by atoms with Crippen LogP contribution < -0.4 is 5.32 Å². The summed E-state index contributed by atoms with van der Waals surface area (Å²) in [6, 6.07) is 2.95. The third-order valence-electron chi connectivity index (χ3n) is 6.07. The van der Waals surface area contributed by atoms with Gasteiger partial charge in [-0.05, 0) is 32.1 Å². The predicted molar refractivity (Wildman–Crippen MR) is 133 cm³/mol. The average Bonchev–Trinajstić information content (AvgIpc) is 2.83. The number of halogens is 2. The van der Waals surface area contributed by atoms with Crippen LogP contribution in [0.2, 0.25) is 0 Å². The Morgan fingerprint density at radius 3 is 2.69 bits per heavy atom. The van der Waals surface area contributed by atoms with Gasteiger partial charge in [-0.1, -0.05) is 30.4 Å². The summed E-state index contributed by atoms with van der Waals surface area (Å²) < 4.78 is 32.8. The van der Waals surface area contributed by atoms with E-state index in [9.17, 15) is 18.4 Å². The van der Waals surface area contributed by atoms with E-state index in [0.717, 1.165) is 17.7 Å². The molecule has 1 unspecified atom stereocenters. The molecule has 36 heavy (non-hydrogen) atoms. The Balaban J connectivity index is 1.74. The van der Waals surface area contributed by atoms with Crippen molar-refractivity contribution < 1.29 is 23.1 Å². The van der Waals surface area contributed by atoms with Crippen molar-refractivity contribution in [3.05, 3.63) is 83.3 Å². The van der Waals surface area contributed by atoms with Crippen molar-refractivity contribution in [1.29, 1.82) is 0 Å². The third-order valence-corrected chi connectivity index (χ3v) is 6.07. The zero-order valence-electron chi connectivity index (χ0n) is 21.1. The summed E-state index contributed by atoms with van der Waals surface area (Å²) in [5, 5.41) is 6.23. The molecule has 1 N–H and O–H groups in total. The number of methoxy groups -OCH3 is 1. The third kappa shape index (κ3) is 6.31. The Kier molecular flexibility index (Phi) is 8.87. The molecule has 0 aliphatic carbocycles. The molecule has 3 amide bonds. The van der Waals surface area contributed by atoms with E-state index in [0.29, 0.717) is 24.5 Å². The number of amides is 3. The highest BCUT2D eigenvalue weighted by Crippen LogP contribution is 2.27. The summed E-state index contributed by atoms with van der Waals surface area (Å²) in [5.41, 5.74) is 1.83. The fourth-order valence-electron chi connectivity index (χ4n) is 4.17. The molecule has 1 atom stereocenters. The minimum atomic E-state index is -0.715. The second kappa shape index (κ2) is 11.9. The first kappa shape index (κ1) is 26.9. The number of urea groups is 1. The standard InChI is InChI=1S/C26H33F2N5O3/c1-6-7-22(36-5)11-8-18(2)13-29-26(35)33-24-16-31(15-20-9-10-21(27)12-23(20)28)25(34)17-32(24)19(3)14-30(33)4/h6-12,24H,3,13-17H2,1-2,4-5H3,(H,29,35)/b7-6-,18-8+,22-11+. The highest BCUT2D eigenvalue weighted by Gasteiger charge is 2.43. The van der Waals surface area contributed by atoms with Crippen LogP contribution in [0.5, 0.6) is 0 Å². The Morgan fingerprint density at radius 2 is 2.03 bits per heavy atom. The number of allylic oxidation sites excluding steroid dienone is 4. The molecule has 0 aromatic heterocycles. The summed E-state index contributed by atoms with van der Waals surface area (Å²) in [6.07, 6.45) is 6.87. The molecule has 2 heterocycles. The average molecular weight is 502 g/mol. The summed E-state index contributed by atoms with van der Waals surface area (Å²) in [4.78, 5) is 29.4. The van der Waals surface area contributed by atoms with Gasteiger partial charge in [-0.3, -0.25) is 4.79 Å². The number of piperazine rings is 1. The zero-order valence-corrected chi connectivity index (χ0v) is 21.1.